The standard InChI is InChI=1S/C16H14BrFO3/c1-20-8-9-21-15-5-3-2-4-13(15)16(19)12-7-6-11(18)10-14(12)17/h2-7,10H,8-9H2,1H3. The Morgan fingerprint density at radius 3 is 2.62 bits per heavy atom. The minimum atomic E-state index is -0.400. The second kappa shape index (κ2) is 7.33. The highest BCUT2D eigenvalue weighted by molar-refractivity contribution is 9.10. The number of rotatable bonds is 6. The van der Waals surface area contributed by atoms with Gasteiger partial charge in [-0.3, -0.25) is 4.79 Å². The molecule has 0 spiro atoms. The molecule has 5 heteroatoms. The van der Waals surface area contributed by atoms with Crippen molar-refractivity contribution in [3.05, 3.63) is 63.9 Å². The molecule has 0 heterocycles. The number of methoxy groups -OCH3 is 1. The third-order valence-corrected chi connectivity index (χ3v) is 3.51. The normalized spacial score (nSPS) is 10.4. The highest BCUT2D eigenvalue weighted by Crippen LogP contribution is 2.26. The monoisotopic (exact) mass is 352 g/mol. The first-order chi connectivity index (χ1) is 10.1. The molecule has 2 aromatic carbocycles. The quantitative estimate of drug-likeness (QED) is 0.585. The lowest BCUT2D eigenvalue weighted by molar-refractivity contribution is 0.103. The van der Waals surface area contributed by atoms with E-state index >= 15 is 0 Å². The maximum Gasteiger partial charge on any atom is 0.197 e. The molecular formula is C16H14BrFO3. The SMILES string of the molecule is COCCOc1ccccc1C(=O)c1ccc(F)cc1Br. The van der Waals surface area contributed by atoms with Crippen molar-refractivity contribution in [3.63, 3.8) is 0 Å². The van der Waals surface area contributed by atoms with Crippen LogP contribution in [0.3, 0.4) is 0 Å². The van der Waals surface area contributed by atoms with E-state index in [-0.39, 0.29) is 5.78 Å². The highest BCUT2D eigenvalue weighted by atomic mass is 79.9. The lowest BCUT2D eigenvalue weighted by atomic mass is 10.0. The first kappa shape index (κ1) is 15.7. The third-order valence-electron chi connectivity index (χ3n) is 2.85. The molecule has 0 saturated carbocycles. The molecule has 0 fully saturated rings. The first-order valence-corrected chi connectivity index (χ1v) is 7.13. The summed E-state index contributed by atoms with van der Waals surface area (Å²) in [4.78, 5) is 12.6. The molecule has 0 aromatic heterocycles. The van der Waals surface area contributed by atoms with E-state index in [0.717, 1.165) is 0 Å². The van der Waals surface area contributed by atoms with Crippen LogP contribution in [0, 0.1) is 5.82 Å². The molecule has 2 rings (SSSR count). The van der Waals surface area contributed by atoms with Gasteiger partial charge in [-0.1, -0.05) is 12.1 Å². The van der Waals surface area contributed by atoms with Crippen molar-refractivity contribution in [2.45, 2.75) is 0 Å². The maximum absolute atomic E-state index is 13.1. The van der Waals surface area contributed by atoms with Crippen molar-refractivity contribution in [1.82, 2.24) is 0 Å². The zero-order chi connectivity index (χ0) is 15.2. The van der Waals surface area contributed by atoms with Crippen LogP contribution in [0.1, 0.15) is 15.9 Å². The molecule has 0 aliphatic heterocycles. The van der Waals surface area contributed by atoms with Crippen molar-refractivity contribution >= 4 is 21.7 Å². The Morgan fingerprint density at radius 1 is 1.14 bits per heavy atom. The zero-order valence-corrected chi connectivity index (χ0v) is 13.0. The summed E-state index contributed by atoms with van der Waals surface area (Å²) in [6.45, 7) is 0.786. The second-order valence-electron chi connectivity index (χ2n) is 4.29. The fourth-order valence-electron chi connectivity index (χ4n) is 1.83. The number of para-hydroxylation sites is 1. The zero-order valence-electron chi connectivity index (χ0n) is 11.4. The van der Waals surface area contributed by atoms with E-state index in [0.29, 0.717) is 34.6 Å². The number of carbonyl (C=O) groups is 1. The van der Waals surface area contributed by atoms with E-state index in [4.69, 9.17) is 9.47 Å². The largest absolute Gasteiger partial charge is 0.490 e. The van der Waals surface area contributed by atoms with Crippen LogP contribution in [0.25, 0.3) is 0 Å². The summed E-state index contributed by atoms with van der Waals surface area (Å²) in [5.74, 6) is -0.145. The Labute approximate surface area is 130 Å². The Hall–Kier alpha value is -1.72. The van der Waals surface area contributed by atoms with Gasteiger partial charge >= 0.3 is 0 Å². The molecule has 3 nitrogen and oxygen atoms in total. The molecule has 0 aliphatic rings. The number of benzene rings is 2. The summed E-state index contributed by atoms with van der Waals surface area (Å²) in [6, 6.07) is 10.9. The average molecular weight is 353 g/mol. The summed E-state index contributed by atoms with van der Waals surface area (Å²) in [5.41, 5.74) is 0.820. The fraction of sp³-hybridized carbons (Fsp3) is 0.188. The fourth-order valence-corrected chi connectivity index (χ4v) is 2.36. The van der Waals surface area contributed by atoms with Crippen LogP contribution in [0.4, 0.5) is 4.39 Å². The summed E-state index contributed by atoms with van der Waals surface area (Å²) < 4.78 is 24.0. The van der Waals surface area contributed by atoms with Crippen LogP contribution >= 0.6 is 15.9 Å². The number of hydrogen-bond acceptors (Lipinski definition) is 3. The van der Waals surface area contributed by atoms with E-state index in [2.05, 4.69) is 15.9 Å². The van der Waals surface area contributed by atoms with Gasteiger partial charge in [0, 0.05) is 17.1 Å². The van der Waals surface area contributed by atoms with Crippen LogP contribution in [-0.2, 0) is 4.74 Å². The van der Waals surface area contributed by atoms with Gasteiger partial charge in [0.05, 0.1) is 12.2 Å². The number of ketones is 1. The van der Waals surface area contributed by atoms with E-state index in [1.165, 1.54) is 18.2 Å². The predicted octanol–water partition coefficient (Wildman–Crippen LogP) is 3.84. The van der Waals surface area contributed by atoms with Crippen molar-refractivity contribution in [1.29, 1.82) is 0 Å². The molecule has 0 bridgehead atoms. The van der Waals surface area contributed by atoms with Gasteiger partial charge in [-0.05, 0) is 46.3 Å². The number of hydrogen-bond donors (Lipinski definition) is 0. The van der Waals surface area contributed by atoms with Gasteiger partial charge in [-0.15, -0.1) is 0 Å². The Kier molecular flexibility index (Phi) is 5.47. The average Bonchev–Trinajstić information content (AvgIpc) is 2.47. The molecule has 0 N–H and O–H groups in total. The molecule has 110 valence electrons. The Bertz CT molecular complexity index is 643. The van der Waals surface area contributed by atoms with Gasteiger partial charge in [-0.2, -0.15) is 0 Å². The summed E-state index contributed by atoms with van der Waals surface area (Å²) in [7, 11) is 1.58. The molecule has 0 saturated heterocycles. The topological polar surface area (TPSA) is 35.5 Å². The van der Waals surface area contributed by atoms with Crippen LogP contribution in [-0.4, -0.2) is 26.1 Å². The van der Waals surface area contributed by atoms with Crippen molar-refractivity contribution in [2.24, 2.45) is 0 Å². The van der Waals surface area contributed by atoms with Crippen molar-refractivity contribution in [2.75, 3.05) is 20.3 Å². The predicted molar refractivity (Wildman–Crippen MR) is 81.3 cm³/mol. The smallest absolute Gasteiger partial charge is 0.197 e. The lowest BCUT2D eigenvalue weighted by Crippen LogP contribution is -2.09. The van der Waals surface area contributed by atoms with Crippen molar-refractivity contribution < 1.29 is 18.7 Å². The summed E-state index contributed by atoms with van der Waals surface area (Å²) in [6.07, 6.45) is 0. The van der Waals surface area contributed by atoms with Crippen LogP contribution < -0.4 is 4.74 Å². The van der Waals surface area contributed by atoms with Gasteiger partial charge in [0.15, 0.2) is 5.78 Å². The molecule has 0 radical (unpaired) electrons. The van der Waals surface area contributed by atoms with Gasteiger partial charge in [0.1, 0.15) is 18.2 Å². The third kappa shape index (κ3) is 3.89. The molecular weight excluding hydrogens is 339 g/mol. The highest BCUT2D eigenvalue weighted by Gasteiger charge is 2.17. The van der Waals surface area contributed by atoms with Crippen LogP contribution in [0.5, 0.6) is 5.75 Å². The Morgan fingerprint density at radius 2 is 1.90 bits per heavy atom. The van der Waals surface area contributed by atoms with Gasteiger partial charge < -0.3 is 9.47 Å². The van der Waals surface area contributed by atoms with E-state index in [1.807, 2.05) is 0 Å². The van der Waals surface area contributed by atoms with E-state index < -0.39 is 5.82 Å². The van der Waals surface area contributed by atoms with Gasteiger partial charge in [0.2, 0.25) is 0 Å². The van der Waals surface area contributed by atoms with E-state index in [9.17, 15) is 9.18 Å². The lowest BCUT2D eigenvalue weighted by Gasteiger charge is -2.11. The number of halogens is 2. The van der Waals surface area contributed by atoms with E-state index in [1.54, 1.807) is 31.4 Å². The minimum Gasteiger partial charge on any atom is -0.490 e. The molecule has 0 aliphatic carbocycles. The van der Waals surface area contributed by atoms with Crippen LogP contribution in [0.2, 0.25) is 0 Å². The van der Waals surface area contributed by atoms with Gasteiger partial charge in [-0.25, -0.2) is 4.39 Å². The number of ether oxygens (including phenoxy) is 2. The molecule has 0 atom stereocenters. The summed E-state index contributed by atoms with van der Waals surface area (Å²) in [5, 5.41) is 0. The minimum absolute atomic E-state index is 0.227. The second-order valence-corrected chi connectivity index (χ2v) is 5.15. The maximum atomic E-state index is 13.1. The molecule has 2 aromatic rings. The molecule has 0 amide bonds. The first-order valence-electron chi connectivity index (χ1n) is 6.34. The van der Waals surface area contributed by atoms with Gasteiger partial charge in [0.25, 0.3) is 0 Å². The van der Waals surface area contributed by atoms with Crippen molar-refractivity contribution in [3.8, 4) is 5.75 Å². The van der Waals surface area contributed by atoms with Crippen LogP contribution in [0.15, 0.2) is 46.9 Å². The molecule has 21 heavy (non-hydrogen) atoms. The molecule has 0 unspecified atom stereocenters. The summed E-state index contributed by atoms with van der Waals surface area (Å²) >= 11 is 3.21. The Balaban J connectivity index is 2.30. The number of carbonyl (C=O) groups excluding carboxylic acids is 1.